The number of rotatable bonds is 7. The number of esters is 1. The SMILES string of the molecule is CCOC(=O)C1=C(C)N=c2s/c(=C/c3cc(C)n(-c4cccc(C)c4)c3C)c(=O)n2[C@@H]1c1cc(OC)ccc1OC. The molecule has 0 N–H and O–H groups in total. The second-order valence-electron chi connectivity index (χ2n) is 9.91. The van der Waals surface area contributed by atoms with E-state index in [9.17, 15) is 9.59 Å². The number of fused-ring (bicyclic) bond motifs is 1. The molecule has 2 aromatic carbocycles. The fourth-order valence-corrected chi connectivity index (χ4v) is 6.42. The molecule has 1 aliphatic heterocycles. The highest BCUT2D eigenvalue weighted by Gasteiger charge is 2.35. The van der Waals surface area contributed by atoms with Crippen LogP contribution < -0.4 is 24.4 Å². The lowest BCUT2D eigenvalue weighted by Gasteiger charge is -2.26. The van der Waals surface area contributed by atoms with Gasteiger partial charge in [0.05, 0.1) is 36.6 Å². The third-order valence-electron chi connectivity index (χ3n) is 7.27. The molecule has 0 spiro atoms. The van der Waals surface area contributed by atoms with E-state index in [4.69, 9.17) is 19.2 Å². The average Bonchev–Trinajstić information content (AvgIpc) is 3.41. The normalized spacial score (nSPS) is 15.0. The monoisotopic (exact) mass is 571 g/mol. The highest BCUT2D eigenvalue weighted by Crippen LogP contribution is 2.37. The first-order chi connectivity index (χ1) is 19.7. The molecule has 9 heteroatoms. The van der Waals surface area contributed by atoms with Gasteiger partial charge in [0, 0.05) is 22.6 Å². The first-order valence-electron chi connectivity index (χ1n) is 13.4. The molecule has 3 heterocycles. The summed E-state index contributed by atoms with van der Waals surface area (Å²) in [5, 5.41) is 0. The second kappa shape index (κ2) is 11.2. The minimum absolute atomic E-state index is 0.193. The topological polar surface area (TPSA) is 84.1 Å². The Morgan fingerprint density at radius 3 is 2.51 bits per heavy atom. The molecule has 0 unspecified atom stereocenters. The summed E-state index contributed by atoms with van der Waals surface area (Å²) in [5.41, 5.74) is 6.39. The number of thiazole rings is 1. The minimum Gasteiger partial charge on any atom is -0.497 e. The van der Waals surface area contributed by atoms with Gasteiger partial charge in [-0.2, -0.15) is 0 Å². The van der Waals surface area contributed by atoms with Gasteiger partial charge < -0.3 is 18.8 Å². The van der Waals surface area contributed by atoms with E-state index in [0.717, 1.165) is 22.6 Å². The first kappa shape index (κ1) is 28.2. The summed E-state index contributed by atoms with van der Waals surface area (Å²) >= 11 is 1.29. The van der Waals surface area contributed by atoms with Crippen LogP contribution in [0.3, 0.4) is 0 Å². The van der Waals surface area contributed by atoms with Gasteiger partial charge in [0.1, 0.15) is 17.5 Å². The van der Waals surface area contributed by atoms with E-state index in [0.29, 0.717) is 32.1 Å². The van der Waals surface area contributed by atoms with Crippen LogP contribution in [-0.4, -0.2) is 35.9 Å². The molecule has 0 radical (unpaired) electrons. The summed E-state index contributed by atoms with van der Waals surface area (Å²) in [4.78, 5) is 32.6. The van der Waals surface area contributed by atoms with E-state index >= 15 is 0 Å². The number of carbonyl (C=O) groups excluding carboxylic acids is 1. The predicted octanol–water partition coefficient (Wildman–Crippen LogP) is 4.53. The van der Waals surface area contributed by atoms with E-state index in [1.807, 2.05) is 19.1 Å². The van der Waals surface area contributed by atoms with E-state index in [2.05, 4.69) is 42.7 Å². The number of allylic oxidation sites excluding steroid dienone is 1. The lowest BCUT2D eigenvalue weighted by atomic mass is 9.94. The van der Waals surface area contributed by atoms with Gasteiger partial charge in [0.15, 0.2) is 4.80 Å². The average molecular weight is 572 g/mol. The maximum Gasteiger partial charge on any atom is 0.338 e. The third kappa shape index (κ3) is 5.02. The fourth-order valence-electron chi connectivity index (χ4n) is 5.38. The number of aryl methyl sites for hydroxylation is 2. The molecule has 1 atom stereocenters. The van der Waals surface area contributed by atoms with Gasteiger partial charge in [-0.1, -0.05) is 23.5 Å². The van der Waals surface area contributed by atoms with Gasteiger partial charge in [0.25, 0.3) is 5.56 Å². The predicted molar refractivity (Wildman–Crippen MR) is 160 cm³/mol. The molecule has 0 aliphatic carbocycles. The summed E-state index contributed by atoms with van der Waals surface area (Å²) in [6, 6.07) is 14.9. The molecule has 41 heavy (non-hydrogen) atoms. The Hall–Kier alpha value is -4.37. The maximum atomic E-state index is 14.1. The molecule has 0 bridgehead atoms. The molecule has 0 saturated carbocycles. The number of aromatic nitrogens is 2. The van der Waals surface area contributed by atoms with Gasteiger partial charge in [-0.3, -0.25) is 9.36 Å². The number of ether oxygens (including phenoxy) is 3. The Balaban J connectivity index is 1.74. The Morgan fingerprint density at radius 1 is 1.05 bits per heavy atom. The van der Waals surface area contributed by atoms with Gasteiger partial charge in [-0.15, -0.1) is 0 Å². The molecule has 212 valence electrons. The zero-order valence-corrected chi connectivity index (χ0v) is 25.1. The Bertz CT molecular complexity index is 1880. The summed E-state index contributed by atoms with van der Waals surface area (Å²) in [6.45, 7) is 9.87. The van der Waals surface area contributed by atoms with Crippen LogP contribution in [0.2, 0.25) is 0 Å². The number of methoxy groups -OCH3 is 2. The van der Waals surface area contributed by atoms with E-state index in [-0.39, 0.29) is 17.7 Å². The highest BCUT2D eigenvalue weighted by atomic mass is 32.1. The summed E-state index contributed by atoms with van der Waals surface area (Å²) < 4.78 is 20.8. The molecular formula is C32H33N3O5S. The van der Waals surface area contributed by atoms with Crippen molar-refractivity contribution in [3.8, 4) is 17.2 Å². The Labute approximate surface area is 242 Å². The molecule has 1 aliphatic rings. The zero-order chi connectivity index (χ0) is 29.4. The number of nitrogens with zero attached hydrogens (tertiary/aromatic N) is 3. The van der Waals surface area contributed by atoms with Crippen LogP contribution in [0, 0.1) is 20.8 Å². The van der Waals surface area contributed by atoms with Crippen molar-refractivity contribution in [2.24, 2.45) is 4.99 Å². The lowest BCUT2D eigenvalue weighted by molar-refractivity contribution is -0.139. The fraction of sp³-hybridized carbons (Fsp3) is 0.281. The van der Waals surface area contributed by atoms with Crippen LogP contribution in [0.5, 0.6) is 11.5 Å². The molecule has 4 aromatic rings. The molecular weight excluding hydrogens is 538 g/mol. The summed E-state index contributed by atoms with van der Waals surface area (Å²) in [6.07, 6.45) is 1.90. The van der Waals surface area contributed by atoms with Gasteiger partial charge >= 0.3 is 5.97 Å². The summed E-state index contributed by atoms with van der Waals surface area (Å²) in [7, 11) is 3.12. The number of hydrogen-bond donors (Lipinski definition) is 0. The number of hydrogen-bond acceptors (Lipinski definition) is 7. The minimum atomic E-state index is -0.808. The number of benzene rings is 2. The van der Waals surface area contributed by atoms with Crippen LogP contribution in [0.4, 0.5) is 0 Å². The molecule has 0 amide bonds. The van der Waals surface area contributed by atoms with Crippen molar-refractivity contribution < 1.29 is 19.0 Å². The lowest BCUT2D eigenvalue weighted by Crippen LogP contribution is -2.40. The van der Waals surface area contributed by atoms with E-state index in [1.54, 1.807) is 50.8 Å². The largest absolute Gasteiger partial charge is 0.497 e. The summed E-state index contributed by atoms with van der Waals surface area (Å²) in [5.74, 6) is 0.563. The quantitative estimate of drug-likeness (QED) is 0.305. The van der Waals surface area contributed by atoms with Gasteiger partial charge in [-0.05, 0) is 88.2 Å². The third-order valence-corrected chi connectivity index (χ3v) is 8.25. The number of carbonyl (C=O) groups is 1. The van der Waals surface area contributed by atoms with Crippen molar-refractivity contribution in [2.75, 3.05) is 20.8 Å². The van der Waals surface area contributed by atoms with Crippen LogP contribution in [0.1, 0.15) is 48.0 Å². The van der Waals surface area contributed by atoms with Crippen LogP contribution >= 0.6 is 11.3 Å². The van der Waals surface area contributed by atoms with Crippen molar-refractivity contribution >= 4 is 23.4 Å². The molecule has 2 aromatic heterocycles. The standard InChI is InChI=1S/C32H33N3O5S/c1-8-40-31(37)28-20(4)33-32-35(29(28)25-17-24(38-6)12-13-26(25)39-7)30(36)27(41-32)16-22-15-19(3)34(21(22)5)23-11-9-10-18(2)14-23/h9-17,29H,8H2,1-7H3/b27-16+/t29-/m1/s1. The molecule has 0 fully saturated rings. The van der Waals surface area contributed by atoms with Gasteiger partial charge in [0.2, 0.25) is 0 Å². The Kier molecular flexibility index (Phi) is 7.73. The van der Waals surface area contributed by atoms with Crippen molar-refractivity contribution in [3.63, 3.8) is 0 Å². The van der Waals surface area contributed by atoms with Crippen LogP contribution in [0.25, 0.3) is 11.8 Å². The highest BCUT2D eigenvalue weighted by molar-refractivity contribution is 7.07. The van der Waals surface area contributed by atoms with E-state index < -0.39 is 12.0 Å². The van der Waals surface area contributed by atoms with Crippen LogP contribution in [-0.2, 0) is 9.53 Å². The van der Waals surface area contributed by atoms with E-state index in [1.165, 1.54) is 16.9 Å². The maximum absolute atomic E-state index is 14.1. The Morgan fingerprint density at radius 2 is 1.83 bits per heavy atom. The van der Waals surface area contributed by atoms with Crippen LogP contribution in [0.15, 0.2) is 69.6 Å². The van der Waals surface area contributed by atoms with Crippen molar-refractivity contribution in [2.45, 2.75) is 40.7 Å². The second-order valence-corrected chi connectivity index (χ2v) is 10.9. The van der Waals surface area contributed by atoms with Crippen molar-refractivity contribution in [1.82, 2.24) is 9.13 Å². The molecule has 8 nitrogen and oxygen atoms in total. The smallest absolute Gasteiger partial charge is 0.338 e. The van der Waals surface area contributed by atoms with Crippen molar-refractivity contribution in [3.05, 3.63) is 108 Å². The first-order valence-corrected chi connectivity index (χ1v) is 14.2. The zero-order valence-electron chi connectivity index (χ0n) is 24.3. The van der Waals surface area contributed by atoms with Crippen molar-refractivity contribution in [1.29, 1.82) is 0 Å². The molecule has 5 rings (SSSR count). The van der Waals surface area contributed by atoms with Gasteiger partial charge in [-0.25, -0.2) is 9.79 Å². The molecule has 0 saturated heterocycles.